The lowest BCUT2D eigenvalue weighted by atomic mass is 9.47. The summed E-state index contributed by atoms with van der Waals surface area (Å²) in [4.78, 5) is 0. The van der Waals surface area contributed by atoms with Crippen LogP contribution < -0.4 is 5.32 Å². The molecule has 4 aliphatic carbocycles. The lowest BCUT2D eigenvalue weighted by Crippen LogP contribution is -2.67. The van der Waals surface area contributed by atoms with Gasteiger partial charge < -0.3 is 79.1 Å². The summed E-state index contributed by atoms with van der Waals surface area (Å²) in [5.41, 5.74) is 1.41. The van der Waals surface area contributed by atoms with Gasteiger partial charge in [-0.3, -0.25) is 5.32 Å². The molecule has 1 spiro atoms. The molecule has 5 saturated heterocycles. The Labute approximate surface area is 364 Å². The largest absolute Gasteiger partial charge is 0.394 e. The minimum absolute atomic E-state index is 0.00160. The van der Waals surface area contributed by atoms with Gasteiger partial charge in [0.2, 0.25) is 0 Å². The van der Waals surface area contributed by atoms with E-state index in [9.17, 15) is 46.0 Å². The molecule has 354 valence electrons. The maximum absolute atomic E-state index is 11.8. The van der Waals surface area contributed by atoms with Gasteiger partial charge in [-0.2, -0.15) is 0 Å². The van der Waals surface area contributed by atoms with Gasteiger partial charge in [-0.25, -0.2) is 0 Å². The maximum atomic E-state index is 11.8. The van der Waals surface area contributed by atoms with Crippen molar-refractivity contribution < 1.29 is 79.1 Å². The van der Waals surface area contributed by atoms with Crippen LogP contribution in [0.15, 0.2) is 11.6 Å². The van der Waals surface area contributed by atoms with Crippen molar-refractivity contribution in [2.75, 3.05) is 19.8 Å². The van der Waals surface area contributed by atoms with Gasteiger partial charge in [0.15, 0.2) is 18.9 Å². The second-order valence-corrected chi connectivity index (χ2v) is 21.2. The van der Waals surface area contributed by atoms with Crippen molar-refractivity contribution >= 4 is 0 Å². The standard InChI is InChI=1S/C45H73NO16/c1-19-8-13-45(46-16-19)20(2)30-27(62-45)15-26-24-7-6-22-14-23(9-11-43(22,4)25(24)10-12-44(26,30)5)57-41-37(55)38(33(51)29(18-48)58-41)60-42-39(35(53)32(50)28(17-47)59-42)61-40-36(54)34(52)31(49)21(3)56-40/h6,19-21,23-42,46-55H,7-18H2,1-5H3/t19-,20+,21+,23+,24-,25+,26+,27+,28-,29-,30+,31+,32-,33-,34-,35+,36-,37-,38+,39-,40+,41-,42+,43+,44+,45-/m0/s1. The number of aliphatic hydroxyl groups excluding tert-OH is 9. The smallest absolute Gasteiger partial charge is 0.187 e. The normalized spacial score (nSPS) is 57.6. The van der Waals surface area contributed by atoms with Gasteiger partial charge >= 0.3 is 0 Å². The third-order valence-electron chi connectivity index (χ3n) is 17.9. The second-order valence-electron chi connectivity index (χ2n) is 21.2. The Bertz CT molecular complexity index is 1620. The molecule has 62 heavy (non-hydrogen) atoms. The summed E-state index contributed by atoms with van der Waals surface area (Å²) in [6.45, 7) is 10.8. The highest BCUT2D eigenvalue weighted by molar-refractivity contribution is 5.26. The molecule has 5 heterocycles. The Morgan fingerprint density at radius 3 is 2.10 bits per heavy atom. The molecule has 26 atom stereocenters. The van der Waals surface area contributed by atoms with Crippen molar-refractivity contribution in [3.63, 3.8) is 0 Å². The van der Waals surface area contributed by atoms with Crippen molar-refractivity contribution in [1.82, 2.24) is 5.32 Å². The van der Waals surface area contributed by atoms with Crippen LogP contribution in [0.25, 0.3) is 0 Å². The molecule has 0 bridgehead atoms. The SMILES string of the molecule is C[C@H]1CC[C@]2(NC1)O[C@@H]1C[C@@H]3[C@H]4CC=C5C[C@H](O[C@H]6O[C@@H](CO)[C@H](O)[C@@H](O[C@H]7O[C@@H](CO)[C@H](O)[C@@H](O)[C@@H]7O[C@H]7O[C@H](C)[C@@H](O)[C@H](O)[C@@H]7O)[C@@H]6O)CC[C@@]5(C)[C@@H]4CC[C@@]3(C)[C@@H]1[C@H]2C. The molecule has 0 aromatic carbocycles. The molecule has 5 aliphatic heterocycles. The summed E-state index contributed by atoms with van der Waals surface area (Å²) >= 11 is 0. The molecule has 0 aromatic heterocycles. The van der Waals surface area contributed by atoms with E-state index in [4.69, 9.17) is 33.2 Å². The van der Waals surface area contributed by atoms with Gasteiger partial charge in [0.05, 0.1) is 31.5 Å². The highest BCUT2D eigenvalue weighted by Crippen LogP contribution is 2.70. The number of rotatable bonds is 8. The maximum Gasteiger partial charge on any atom is 0.187 e. The van der Waals surface area contributed by atoms with Crippen molar-refractivity contribution in [3.8, 4) is 0 Å². The third kappa shape index (κ3) is 7.49. The van der Waals surface area contributed by atoms with Gasteiger partial charge in [-0.1, -0.05) is 39.3 Å². The molecule has 0 aromatic rings. The summed E-state index contributed by atoms with van der Waals surface area (Å²) in [6.07, 6.45) is -11.8. The van der Waals surface area contributed by atoms with E-state index in [0.29, 0.717) is 54.5 Å². The quantitative estimate of drug-likeness (QED) is 0.142. The van der Waals surface area contributed by atoms with Crippen molar-refractivity contribution in [3.05, 3.63) is 11.6 Å². The first-order valence-electron chi connectivity index (χ1n) is 23.5. The van der Waals surface area contributed by atoms with E-state index in [1.54, 1.807) is 0 Å². The number of ether oxygens (including phenoxy) is 7. The fraction of sp³-hybridized carbons (Fsp3) is 0.956. The molecule has 0 radical (unpaired) electrons. The molecule has 10 N–H and O–H groups in total. The van der Waals surface area contributed by atoms with Gasteiger partial charge in [-0.15, -0.1) is 0 Å². The molecule has 17 nitrogen and oxygen atoms in total. The number of allylic oxidation sites excluding steroid dienone is 1. The van der Waals surface area contributed by atoms with Crippen LogP contribution in [0.3, 0.4) is 0 Å². The minimum atomic E-state index is -1.81. The summed E-state index contributed by atoms with van der Waals surface area (Å²) in [6, 6.07) is 0. The number of piperidine rings is 1. The predicted molar refractivity (Wildman–Crippen MR) is 216 cm³/mol. The van der Waals surface area contributed by atoms with Crippen LogP contribution in [0.5, 0.6) is 0 Å². The van der Waals surface area contributed by atoms with E-state index in [-0.39, 0.29) is 22.7 Å². The molecule has 9 aliphatic rings. The average Bonchev–Trinajstić information content (AvgIpc) is 3.70. The number of hydrogen-bond acceptors (Lipinski definition) is 17. The zero-order valence-corrected chi connectivity index (χ0v) is 36.7. The van der Waals surface area contributed by atoms with E-state index >= 15 is 0 Å². The fourth-order valence-electron chi connectivity index (χ4n) is 14.2. The number of fused-ring (bicyclic) bond motifs is 7. The first kappa shape index (κ1) is 46.2. The van der Waals surface area contributed by atoms with Crippen LogP contribution in [0.2, 0.25) is 0 Å². The van der Waals surface area contributed by atoms with E-state index in [1.807, 2.05) is 0 Å². The molecule has 0 unspecified atom stereocenters. The Morgan fingerprint density at radius 2 is 1.39 bits per heavy atom. The average molecular weight is 884 g/mol. The third-order valence-corrected chi connectivity index (χ3v) is 17.9. The minimum Gasteiger partial charge on any atom is -0.394 e. The number of aliphatic hydroxyl groups is 9. The molecule has 9 rings (SSSR count). The molecular formula is C45H73NO16. The van der Waals surface area contributed by atoms with E-state index < -0.39 is 105 Å². The number of hydrogen-bond donors (Lipinski definition) is 10. The molecule has 0 amide bonds. The van der Waals surface area contributed by atoms with Crippen LogP contribution in [0, 0.1) is 46.3 Å². The zero-order chi connectivity index (χ0) is 44.2. The first-order valence-corrected chi connectivity index (χ1v) is 23.5. The highest BCUT2D eigenvalue weighted by atomic mass is 16.8. The first-order chi connectivity index (χ1) is 29.4. The van der Waals surface area contributed by atoms with Crippen LogP contribution in [0.1, 0.15) is 92.4 Å². The Hall–Kier alpha value is -0.940. The Balaban J connectivity index is 0.877. The summed E-state index contributed by atoms with van der Waals surface area (Å²) in [5.74, 6) is 3.43. The zero-order valence-electron chi connectivity index (χ0n) is 36.7. The van der Waals surface area contributed by atoms with E-state index in [2.05, 4.69) is 39.1 Å². The topological polar surface area (TPSA) is 259 Å². The predicted octanol–water partition coefficient (Wildman–Crippen LogP) is -0.213. The number of nitrogens with one attached hydrogen (secondary N) is 1. The Kier molecular flexibility index (Phi) is 12.9. The van der Waals surface area contributed by atoms with Crippen LogP contribution in [-0.4, -0.2) is 176 Å². The molecule has 8 fully saturated rings. The second kappa shape index (κ2) is 17.3. The van der Waals surface area contributed by atoms with E-state index in [1.165, 1.54) is 31.8 Å². The summed E-state index contributed by atoms with van der Waals surface area (Å²) < 4.78 is 42.9. The Morgan fingerprint density at radius 1 is 0.694 bits per heavy atom. The molecule has 3 saturated carbocycles. The van der Waals surface area contributed by atoms with E-state index in [0.717, 1.165) is 32.2 Å². The summed E-state index contributed by atoms with van der Waals surface area (Å²) in [7, 11) is 0. The van der Waals surface area contributed by atoms with Crippen LogP contribution in [0.4, 0.5) is 0 Å². The lowest BCUT2D eigenvalue weighted by molar-refractivity contribution is -0.389. The molecular weight excluding hydrogens is 810 g/mol. The van der Waals surface area contributed by atoms with Crippen LogP contribution >= 0.6 is 0 Å². The summed E-state index contributed by atoms with van der Waals surface area (Å²) in [5, 5.41) is 100. The van der Waals surface area contributed by atoms with Crippen LogP contribution in [-0.2, 0) is 33.2 Å². The van der Waals surface area contributed by atoms with Gasteiger partial charge in [0.25, 0.3) is 0 Å². The van der Waals surface area contributed by atoms with Crippen molar-refractivity contribution in [1.29, 1.82) is 0 Å². The molecule has 17 heteroatoms. The van der Waals surface area contributed by atoms with Gasteiger partial charge in [-0.05, 0) is 105 Å². The van der Waals surface area contributed by atoms with Gasteiger partial charge in [0.1, 0.15) is 72.9 Å². The fourth-order valence-corrected chi connectivity index (χ4v) is 14.2. The lowest BCUT2D eigenvalue weighted by Gasteiger charge is -2.59. The van der Waals surface area contributed by atoms with Crippen molar-refractivity contribution in [2.45, 2.75) is 202 Å². The highest BCUT2D eigenvalue weighted by Gasteiger charge is 2.68. The van der Waals surface area contributed by atoms with Gasteiger partial charge in [0, 0.05) is 12.5 Å². The van der Waals surface area contributed by atoms with Crippen molar-refractivity contribution in [2.24, 2.45) is 46.3 Å². The monoisotopic (exact) mass is 883 g/mol.